The number of rotatable bonds is 7. The number of imide groups is 1. The highest BCUT2D eigenvalue weighted by Crippen LogP contribution is 2.31. The molecule has 2 aromatic carbocycles. The molecule has 1 heterocycles. The van der Waals surface area contributed by atoms with Crippen LogP contribution in [-0.4, -0.2) is 36.4 Å². The van der Waals surface area contributed by atoms with Gasteiger partial charge in [0.15, 0.2) is 6.54 Å². The first-order chi connectivity index (χ1) is 13.9. The Bertz CT molecular complexity index is 915. The van der Waals surface area contributed by atoms with Gasteiger partial charge in [0.25, 0.3) is 11.8 Å². The molecule has 152 valence electrons. The Kier molecular flexibility index (Phi) is 5.98. The monoisotopic (exact) mass is 395 g/mol. The van der Waals surface area contributed by atoms with Crippen molar-refractivity contribution in [1.82, 2.24) is 15.8 Å². The van der Waals surface area contributed by atoms with Gasteiger partial charge in [-0.3, -0.25) is 15.0 Å². The van der Waals surface area contributed by atoms with Crippen molar-refractivity contribution in [3.63, 3.8) is 0 Å². The number of amides is 4. The number of benzene rings is 2. The molecule has 3 N–H and O–H groups in total. The second kappa shape index (κ2) is 8.45. The van der Waals surface area contributed by atoms with Crippen molar-refractivity contribution < 1.29 is 19.3 Å². The predicted octanol–water partition coefficient (Wildman–Crippen LogP) is 0.898. The molecule has 1 fully saturated rings. The van der Waals surface area contributed by atoms with Crippen LogP contribution < -0.4 is 15.6 Å². The molecule has 29 heavy (non-hydrogen) atoms. The van der Waals surface area contributed by atoms with E-state index in [0.29, 0.717) is 18.5 Å². The molecule has 2 aromatic rings. The fourth-order valence-corrected chi connectivity index (χ4v) is 3.67. The van der Waals surface area contributed by atoms with Gasteiger partial charge in [-0.2, -0.15) is 5.01 Å². The number of quaternary nitrogens is 1. The van der Waals surface area contributed by atoms with Crippen molar-refractivity contribution >= 4 is 17.8 Å². The number of carbonyl (C=O) groups excluding carboxylic acids is 3. The lowest BCUT2D eigenvalue weighted by molar-refractivity contribution is -0.885. The predicted molar refractivity (Wildman–Crippen MR) is 109 cm³/mol. The molecular formula is C22H27N4O3+. The topological polar surface area (TPSA) is 83.0 Å². The third-order valence-electron chi connectivity index (χ3n) is 5.34. The number of hydrogen-bond acceptors (Lipinski definition) is 3. The summed E-state index contributed by atoms with van der Waals surface area (Å²) in [5.41, 5.74) is 4.33. The maximum atomic E-state index is 13.0. The largest absolute Gasteiger partial charge is 0.344 e. The first-order valence-electron chi connectivity index (χ1n) is 9.75. The summed E-state index contributed by atoms with van der Waals surface area (Å²) in [5, 5.41) is 3.56. The van der Waals surface area contributed by atoms with Crippen LogP contribution in [0.5, 0.6) is 0 Å². The van der Waals surface area contributed by atoms with Gasteiger partial charge in [0.2, 0.25) is 0 Å². The van der Waals surface area contributed by atoms with Crippen LogP contribution in [0.4, 0.5) is 4.79 Å². The van der Waals surface area contributed by atoms with Crippen molar-refractivity contribution in [3.05, 3.63) is 71.3 Å². The zero-order valence-corrected chi connectivity index (χ0v) is 17.0. The standard InChI is InChI=1S/C22H26N4O3/c1-4-22(18-12-6-5-7-13-18)20(28)26(21(29)23-22)24-19(27)15-25(3)14-17-11-9-8-10-16(17)2/h5-13H,4,14-15H2,1-3H3,(H,23,29)(H,24,27)/p+1/t22-/m1/s1. The SMILES string of the molecule is CC[C@]1(c2ccccc2)NC(=O)N(NC(=O)C[NH+](C)Cc2ccccc2C)C1=O. The number of nitrogens with zero attached hydrogens (tertiary/aromatic N) is 1. The van der Waals surface area contributed by atoms with E-state index in [1.165, 1.54) is 0 Å². The Balaban J connectivity index is 1.66. The minimum atomic E-state index is -1.16. The summed E-state index contributed by atoms with van der Waals surface area (Å²) >= 11 is 0. The summed E-state index contributed by atoms with van der Waals surface area (Å²) < 4.78 is 0. The van der Waals surface area contributed by atoms with Crippen molar-refractivity contribution in [2.24, 2.45) is 0 Å². The fourth-order valence-electron chi connectivity index (χ4n) is 3.67. The van der Waals surface area contributed by atoms with Gasteiger partial charge in [-0.15, -0.1) is 0 Å². The maximum absolute atomic E-state index is 13.0. The van der Waals surface area contributed by atoms with E-state index in [-0.39, 0.29) is 12.5 Å². The lowest BCUT2D eigenvalue weighted by Crippen LogP contribution is -3.09. The molecule has 1 saturated heterocycles. The highest BCUT2D eigenvalue weighted by molar-refractivity contribution is 6.08. The summed E-state index contributed by atoms with van der Waals surface area (Å²) in [6, 6.07) is 16.5. The number of urea groups is 1. The summed E-state index contributed by atoms with van der Waals surface area (Å²) in [5.74, 6) is -0.861. The van der Waals surface area contributed by atoms with Crippen molar-refractivity contribution in [2.75, 3.05) is 13.6 Å². The first kappa shape index (κ1) is 20.5. The molecule has 1 aliphatic heterocycles. The summed E-state index contributed by atoms with van der Waals surface area (Å²) in [4.78, 5) is 39.0. The van der Waals surface area contributed by atoms with Gasteiger partial charge in [-0.05, 0) is 24.5 Å². The van der Waals surface area contributed by atoms with Crippen LogP contribution in [0.3, 0.4) is 0 Å². The van der Waals surface area contributed by atoms with Crippen LogP contribution in [0.15, 0.2) is 54.6 Å². The second-order valence-electron chi connectivity index (χ2n) is 7.47. The van der Waals surface area contributed by atoms with Gasteiger partial charge < -0.3 is 10.2 Å². The van der Waals surface area contributed by atoms with E-state index in [1.54, 1.807) is 12.1 Å². The van der Waals surface area contributed by atoms with Gasteiger partial charge in [-0.1, -0.05) is 61.5 Å². The number of likely N-dealkylation sites (N-methyl/N-ethyl adjacent to an activating group) is 1. The molecule has 0 bridgehead atoms. The minimum Gasteiger partial charge on any atom is -0.326 e. The third-order valence-corrected chi connectivity index (χ3v) is 5.34. The van der Waals surface area contributed by atoms with E-state index in [4.69, 9.17) is 0 Å². The average molecular weight is 395 g/mol. The number of hydrogen-bond donors (Lipinski definition) is 3. The Morgan fingerprint density at radius 3 is 2.41 bits per heavy atom. The molecular weight excluding hydrogens is 368 g/mol. The number of carbonyl (C=O) groups is 3. The number of hydrazine groups is 1. The van der Waals surface area contributed by atoms with Crippen LogP contribution in [0, 0.1) is 6.92 Å². The van der Waals surface area contributed by atoms with Crippen LogP contribution >= 0.6 is 0 Å². The lowest BCUT2D eigenvalue weighted by Gasteiger charge is -2.25. The van der Waals surface area contributed by atoms with Crippen LogP contribution in [-0.2, 0) is 21.7 Å². The fraction of sp³-hybridized carbons (Fsp3) is 0.318. The highest BCUT2D eigenvalue weighted by Gasteiger charge is 2.52. The van der Waals surface area contributed by atoms with Crippen molar-refractivity contribution in [2.45, 2.75) is 32.4 Å². The summed E-state index contributed by atoms with van der Waals surface area (Å²) in [7, 11) is 1.90. The zero-order chi connectivity index (χ0) is 21.0. The molecule has 7 heteroatoms. The second-order valence-corrected chi connectivity index (χ2v) is 7.47. The quantitative estimate of drug-likeness (QED) is 0.609. The van der Waals surface area contributed by atoms with E-state index in [2.05, 4.69) is 10.7 Å². The minimum absolute atomic E-state index is 0.135. The van der Waals surface area contributed by atoms with E-state index in [9.17, 15) is 14.4 Å². The van der Waals surface area contributed by atoms with E-state index in [0.717, 1.165) is 21.0 Å². The first-order valence-corrected chi connectivity index (χ1v) is 9.75. The van der Waals surface area contributed by atoms with E-state index in [1.807, 2.05) is 63.4 Å². The van der Waals surface area contributed by atoms with Crippen LogP contribution in [0.25, 0.3) is 0 Å². The lowest BCUT2D eigenvalue weighted by atomic mass is 9.87. The maximum Gasteiger partial charge on any atom is 0.344 e. The van der Waals surface area contributed by atoms with Gasteiger partial charge in [0, 0.05) is 5.56 Å². The van der Waals surface area contributed by atoms with Gasteiger partial charge in [0.1, 0.15) is 12.1 Å². The molecule has 0 saturated carbocycles. The van der Waals surface area contributed by atoms with Crippen LogP contribution in [0.1, 0.15) is 30.0 Å². The molecule has 0 aromatic heterocycles. The molecule has 1 unspecified atom stereocenters. The molecule has 1 aliphatic rings. The Morgan fingerprint density at radius 1 is 1.10 bits per heavy atom. The van der Waals surface area contributed by atoms with E-state index >= 15 is 0 Å². The summed E-state index contributed by atoms with van der Waals surface area (Å²) in [6.45, 7) is 4.67. The Hall–Kier alpha value is -3.19. The molecule has 0 aliphatic carbocycles. The molecule has 0 radical (unpaired) electrons. The summed E-state index contributed by atoms with van der Waals surface area (Å²) in [6.07, 6.45) is 0.381. The van der Waals surface area contributed by atoms with Gasteiger partial charge in [-0.25, -0.2) is 4.79 Å². The molecule has 3 rings (SSSR count). The van der Waals surface area contributed by atoms with Crippen molar-refractivity contribution in [3.8, 4) is 0 Å². The van der Waals surface area contributed by atoms with Crippen molar-refractivity contribution in [1.29, 1.82) is 0 Å². The number of aryl methyl sites for hydroxylation is 1. The average Bonchev–Trinajstić information content (AvgIpc) is 2.95. The van der Waals surface area contributed by atoms with E-state index < -0.39 is 17.5 Å². The van der Waals surface area contributed by atoms with Crippen LogP contribution in [0.2, 0.25) is 0 Å². The highest BCUT2D eigenvalue weighted by atomic mass is 16.2. The van der Waals surface area contributed by atoms with Gasteiger partial charge in [0.05, 0.1) is 7.05 Å². The molecule has 0 spiro atoms. The normalized spacial score (nSPS) is 19.8. The van der Waals surface area contributed by atoms with Gasteiger partial charge >= 0.3 is 6.03 Å². The molecule has 2 atom stereocenters. The number of nitrogens with one attached hydrogen (secondary N) is 3. The molecule has 7 nitrogen and oxygen atoms in total. The third kappa shape index (κ3) is 4.14. The Morgan fingerprint density at radius 2 is 1.76 bits per heavy atom. The smallest absolute Gasteiger partial charge is 0.326 e. The Labute approximate surface area is 170 Å². The zero-order valence-electron chi connectivity index (χ0n) is 17.0. The molecule has 4 amide bonds.